The number of nitrogens with one attached hydrogen (secondary N) is 1. The van der Waals surface area contributed by atoms with Crippen LogP contribution in [0.15, 0.2) is 18.2 Å². The van der Waals surface area contributed by atoms with Crippen molar-refractivity contribution >= 4 is 11.6 Å². The maximum absolute atomic E-state index is 6.15. The number of halogens is 1. The van der Waals surface area contributed by atoms with Gasteiger partial charge in [0.25, 0.3) is 0 Å². The molecule has 112 valence electrons. The second-order valence-corrected chi connectivity index (χ2v) is 6.20. The molecule has 1 aromatic carbocycles. The molecule has 0 heterocycles. The third-order valence-electron chi connectivity index (χ3n) is 4.31. The summed E-state index contributed by atoms with van der Waals surface area (Å²) in [5, 5.41) is 4.52. The second-order valence-electron chi connectivity index (χ2n) is 5.77. The Kier molecular flexibility index (Phi) is 6.18. The lowest BCUT2D eigenvalue weighted by atomic mass is 9.91. The number of methoxy groups -OCH3 is 1. The fourth-order valence-electron chi connectivity index (χ4n) is 3.24. The van der Waals surface area contributed by atoms with Gasteiger partial charge in [0.05, 0.1) is 7.11 Å². The van der Waals surface area contributed by atoms with E-state index in [1.165, 1.54) is 37.7 Å². The van der Waals surface area contributed by atoms with Crippen molar-refractivity contribution in [2.75, 3.05) is 13.7 Å². The van der Waals surface area contributed by atoms with Crippen LogP contribution < -0.4 is 10.1 Å². The predicted octanol–water partition coefficient (Wildman–Crippen LogP) is 4.45. The first-order chi connectivity index (χ1) is 9.74. The molecule has 0 saturated heterocycles. The van der Waals surface area contributed by atoms with Crippen molar-refractivity contribution in [3.63, 3.8) is 0 Å². The van der Waals surface area contributed by atoms with E-state index in [1.54, 1.807) is 7.11 Å². The Hall–Kier alpha value is -0.730. The Balaban J connectivity index is 2.11. The smallest absolute Gasteiger partial charge is 0.122 e. The fraction of sp³-hybridized carbons (Fsp3) is 0.647. The fourth-order valence-corrected chi connectivity index (χ4v) is 3.43. The first kappa shape index (κ1) is 15.7. The molecule has 2 nitrogen and oxygen atoms in total. The first-order valence-corrected chi connectivity index (χ1v) is 8.18. The van der Waals surface area contributed by atoms with Crippen LogP contribution in [0.3, 0.4) is 0 Å². The molecular formula is C17H26ClNO. The van der Waals surface area contributed by atoms with Crippen LogP contribution in [0, 0.1) is 5.92 Å². The molecule has 1 atom stereocenters. The molecule has 1 aliphatic carbocycles. The van der Waals surface area contributed by atoms with E-state index in [1.807, 2.05) is 12.1 Å². The molecule has 20 heavy (non-hydrogen) atoms. The van der Waals surface area contributed by atoms with Crippen molar-refractivity contribution in [1.29, 1.82) is 0 Å². The second kappa shape index (κ2) is 7.90. The molecule has 0 spiro atoms. The van der Waals surface area contributed by atoms with E-state index in [-0.39, 0.29) is 0 Å². The third-order valence-corrected chi connectivity index (χ3v) is 4.54. The summed E-state index contributed by atoms with van der Waals surface area (Å²) >= 11 is 6.15. The van der Waals surface area contributed by atoms with Crippen LogP contribution in [-0.4, -0.2) is 19.7 Å². The summed E-state index contributed by atoms with van der Waals surface area (Å²) in [5.41, 5.74) is 1.22. The van der Waals surface area contributed by atoms with Crippen molar-refractivity contribution in [3.05, 3.63) is 28.8 Å². The maximum atomic E-state index is 6.15. The molecule has 1 aliphatic rings. The zero-order valence-corrected chi connectivity index (χ0v) is 13.4. The van der Waals surface area contributed by atoms with Gasteiger partial charge in [0.1, 0.15) is 5.75 Å². The molecule has 2 rings (SSSR count). The van der Waals surface area contributed by atoms with Crippen molar-refractivity contribution < 1.29 is 4.74 Å². The van der Waals surface area contributed by atoms with Gasteiger partial charge < -0.3 is 10.1 Å². The molecule has 0 aliphatic heterocycles. The van der Waals surface area contributed by atoms with E-state index >= 15 is 0 Å². The zero-order valence-electron chi connectivity index (χ0n) is 12.6. The van der Waals surface area contributed by atoms with Crippen LogP contribution >= 0.6 is 11.6 Å². The first-order valence-electron chi connectivity index (χ1n) is 7.80. The van der Waals surface area contributed by atoms with Gasteiger partial charge in [-0.25, -0.2) is 0 Å². The van der Waals surface area contributed by atoms with Crippen LogP contribution in [0.4, 0.5) is 0 Å². The molecule has 0 aromatic heterocycles. The number of ether oxygens (including phenoxy) is 1. The van der Waals surface area contributed by atoms with Gasteiger partial charge in [-0.1, -0.05) is 31.4 Å². The molecule has 1 saturated carbocycles. The van der Waals surface area contributed by atoms with Crippen LogP contribution in [0.5, 0.6) is 5.75 Å². The summed E-state index contributed by atoms with van der Waals surface area (Å²) in [7, 11) is 1.73. The topological polar surface area (TPSA) is 21.3 Å². The van der Waals surface area contributed by atoms with Gasteiger partial charge in [0.2, 0.25) is 0 Å². The van der Waals surface area contributed by atoms with Crippen molar-refractivity contribution in [2.45, 2.75) is 51.5 Å². The van der Waals surface area contributed by atoms with Gasteiger partial charge in [-0.05, 0) is 61.9 Å². The van der Waals surface area contributed by atoms with Crippen molar-refractivity contribution in [1.82, 2.24) is 5.32 Å². The van der Waals surface area contributed by atoms with Crippen molar-refractivity contribution in [3.8, 4) is 5.75 Å². The molecule has 1 fully saturated rings. The van der Waals surface area contributed by atoms with E-state index in [4.69, 9.17) is 16.3 Å². The lowest BCUT2D eigenvalue weighted by Gasteiger charge is -2.25. The molecule has 0 bridgehead atoms. The average Bonchev–Trinajstić information content (AvgIpc) is 2.97. The lowest BCUT2D eigenvalue weighted by Crippen LogP contribution is -2.37. The van der Waals surface area contributed by atoms with E-state index in [9.17, 15) is 0 Å². The summed E-state index contributed by atoms with van der Waals surface area (Å²) in [6.07, 6.45) is 7.64. The standard InChI is InChI=1S/C17H26ClNO/c1-3-10-19-16(13-6-4-5-7-13)12-14-11-15(18)8-9-17(14)20-2/h8-9,11,13,16,19H,3-7,10,12H2,1-2H3. The summed E-state index contributed by atoms with van der Waals surface area (Å²) in [5.74, 6) is 1.75. The van der Waals surface area contributed by atoms with Gasteiger partial charge in [0, 0.05) is 11.1 Å². The summed E-state index contributed by atoms with van der Waals surface area (Å²) in [4.78, 5) is 0. The Bertz CT molecular complexity index is 415. The van der Waals surface area contributed by atoms with Gasteiger partial charge in [-0.15, -0.1) is 0 Å². The Morgan fingerprint density at radius 1 is 1.35 bits per heavy atom. The van der Waals surface area contributed by atoms with Crippen molar-refractivity contribution in [2.24, 2.45) is 5.92 Å². The molecule has 0 radical (unpaired) electrons. The van der Waals surface area contributed by atoms with Crippen LogP contribution in [0.1, 0.15) is 44.6 Å². The Labute approximate surface area is 127 Å². The highest BCUT2D eigenvalue weighted by atomic mass is 35.5. The Morgan fingerprint density at radius 3 is 2.75 bits per heavy atom. The van der Waals surface area contributed by atoms with E-state index in [0.717, 1.165) is 29.7 Å². The SMILES string of the molecule is CCCNC(Cc1cc(Cl)ccc1OC)C1CCCC1. The van der Waals surface area contributed by atoms with Crippen LogP contribution in [0.25, 0.3) is 0 Å². The molecule has 1 aromatic rings. The predicted molar refractivity (Wildman–Crippen MR) is 85.7 cm³/mol. The minimum Gasteiger partial charge on any atom is -0.496 e. The maximum Gasteiger partial charge on any atom is 0.122 e. The van der Waals surface area contributed by atoms with Gasteiger partial charge >= 0.3 is 0 Å². The van der Waals surface area contributed by atoms with E-state index in [0.29, 0.717) is 6.04 Å². The largest absolute Gasteiger partial charge is 0.496 e. The lowest BCUT2D eigenvalue weighted by molar-refractivity contribution is 0.348. The molecular weight excluding hydrogens is 270 g/mol. The van der Waals surface area contributed by atoms with E-state index in [2.05, 4.69) is 18.3 Å². The van der Waals surface area contributed by atoms with Gasteiger partial charge in [0.15, 0.2) is 0 Å². The van der Waals surface area contributed by atoms with Gasteiger partial charge in [-0.3, -0.25) is 0 Å². The quantitative estimate of drug-likeness (QED) is 0.802. The third kappa shape index (κ3) is 4.13. The molecule has 0 amide bonds. The average molecular weight is 296 g/mol. The van der Waals surface area contributed by atoms with Gasteiger partial charge in [-0.2, -0.15) is 0 Å². The highest BCUT2D eigenvalue weighted by molar-refractivity contribution is 6.30. The number of hydrogen-bond donors (Lipinski definition) is 1. The number of benzene rings is 1. The number of hydrogen-bond acceptors (Lipinski definition) is 2. The number of rotatable bonds is 7. The molecule has 1 N–H and O–H groups in total. The monoisotopic (exact) mass is 295 g/mol. The summed E-state index contributed by atoms with van der Waals surface area (Å²) in [6.45, 7) is 3.31. The normalized spacial score (nSPS) is 17.4. The minimum absolute atomic E-state index is 0.546. The Morgan fingerprint density at radius 2 is 2.10 bits per heavy atom. The highest BCUT2D eigenvalue weighted by Crippen LogP contribution is 2.31. The van der Waals surface area contributed by atoms with E-state index < -0.39 is 0 Å². The summed E-state index contributed by atoms with van der Waals surface area (Å²) in [6, 6.07) is 6.47. The zero-order chi connectivity index (χ0) is 14.4. The summed E-state index contributed by atoms with van der Waals surface area (Å²) < 4.78 is 5.48. The van der Waals surface area contributed by atoms with Crippen LogP contribution in [-0.2, 0) is 6.42 Å². The molecule has 1 unspecified atom stereocenters. The molecule has 3 heteroatoms. The highest BCUT2D eigenvalue weighted by Gasteiger charge is 2.25. The minimum atomic E-state index is 0.546. The van der Waals surface area contributed by atoms with Crippen LogP contribution in [0.2, 0.25) is 5.02 Å².